The number of benzene rings is 1. The van der Waals surface area contributed by atoms with E-state index in [0.717, 1.165) is 23.5 Å². The van der Waals surface area contributed by atoms with Crippen molar-refractivity contribution in [1.82, 2.24) is 24.9 Å². The van der Waals surface area contributed by atoms with E-state index in [4.69, 9.17) is 14.6 Å². The Morgan fingerprint density at radius 1 is 1.20 bits per heavy atom. The fourth-order valence-electron chi connectivity index (χ4n) is 3.14. The number of nitrogens with zero attached hydrogens (tertiary/aromatic N) is 5. The van der Waals surface area contributed by atoms with Crippen molar-refractivity contribution in [3.8, 4) is 5.75 Å². The van der Waals surface area contributed by atoms with Crippen LogP contribution in [0.4, 0.5) is 23.7 Å². The lowest BCUT2D eigenvalue weighted by molar-refractivity contribution is -0.192. The summed E-state index contributed by atoms with van der Waals surface area (Å²) in [6.07, 6.45) is -0.807. The first-order valence-corrected chi connectivity index (χ1v) is 10.6. The van der Waals surface area contributed by atoms with E-state index in [1.807, 2.05) is 35.0 Å². The standard InChI is InChI=1S/C20H22N6O2.C2HF3O2/c1-2-15-5-3-6-16(11-15)22-20(27)25-9-10-26-19(13-25)18(23-24-26)14-28-17-7-4-8-21-12-17;3-2(4,5)1(6)7/h3-8,11-12H,2,9-10,13-14H2,1H3,(H,22,27);(H,6,7). The lowest BCUT2D eigenvalue weighted by Crippen LogP contribution is -2.41. The normalized spacial score (nSPS) is 12.7. The highest BCUT2D eigenvalue weighted by Gasteiger charge is 2.38. The van der Waals surface area contributed by atoms with Crippen LogP contribution in [0, 0.1) is 0 Å². The Balaban J connectivity index is 0.000000429. The number of carbonyl (C=O) groups is 2. The monoisotopic (exact) mass is 492 g/mol. The minimum absolute atomic E-state index is 0.125. The lowest BCUT2D eigenvalue weighted by atomic mass is 10.1. The van der Waals surface area contributed by atoms with Gasteiger partial charge in [0.1, 0.15) is 18.1 Å². The Bertz CT molecular complexity index is 1150. The minimum atomic E-state index is -5.08. The van der Waals surface area contributed by atoms with Crippen LogP contribution in [0.3, 0.4) is 0 Å². The van der Waals surface area contributed by atoms with Crippen molar-refractivity contribution < 1.29 is 32.6 Å². The molecule has 10 nitrogen and oxygen atoms in total. The van der Waals surface area contributed by atoms with Gasteiger partial charge in [-0.3, -0.25) is 4.98 Å². The summed E-state index contributed by atoms with van der Waals surface area (Å²) in [5, 5.41) is 18.5. The molecule has 35 heavy (non-hydrogen) atoms. The number of amides is 2. The van der Waals surface area contributed by atoms with Gasteiger partial charge in [-0.1, -0.05) is 24.3 Å². The lowest BCUT2D eigenvalue weighted by Gasteiger charge is -2.28. The Morgan fingerprint density at radius 3 is 2.63 bits per heavy atom. The van der Waals surface area contributed by atoms with E-state index in [-0.39, 0.29) is 12.6 Å². The number of alkyl halides is 3. The molecule has 0 spiro atoms. The molecule has 0 unspecified atom stereocenters. The third-order valence-corrected chi connectivity index (χ3v) is 4.97. The van der Waals surface area contributed by atoms with E-state index >= 15 is 0 Å². The van der Waals surface area contributed by atoms with Gasteiger partial charge in [-0.25, -0.2) is 14.3 Å². The number of urea groups is 1. The Hall–Kier alpha value is -4.16. The van der Waals surface area contributed by atoms with E-state index in [0.29, 0.717) is 25.4 Å². The first-order valence-electron chi connectivity index (χ1n) is 10.6. The number of hydrogen-bond acceptors (Lipinski definition) is 6. The summed E-state index contributed by atoms with van der Waals surface area (Å²) >= 11 is 0. The largest absolute Gasteiger partial charge is 0.490 e. The van der Waals surface area contributed by atoms with Crippen molar-refractivity contribution in [2.45, 2.75) is 39.2 Å². The summed E-state index contributed by atoms with van der Waals surface area (Å²) < 4.78 is 39.3. The van der Waals surface area contributed by atoms with E-state index in [2.05, 4.69) is 33.6 Å². The molecule has 186 valence electrons. The molecular weight excluding hydrogens is 469 g/mol. The maximum absolute atomic E-state index is 12.7. The number of carbonyl (C=O) groups excluding carboxylic acids is 1. The van der Waals surface area contributed by atoms with Gasteiger partial charge >= 0.3 is 18.2 Å². The number of carboxylic acids is 1. The number of carboxylic acid groups (broad SMARTS) is 1. The second-order valence-electron chi connectivity index (χ2n) is 7.39. The van der Waals surface area contributed by atoms with Gasteiger partial charge in [-0.15, -0.1) is 5.10 Å². The van der Waals surface area contributed by atoms with E-state index in [1.165, 1.54) is 5.56 Å². The summed E-state index contributed by atoms with van der Waals surface area (Å²) in [5.74, 6) is -2.09. The number of aliphatic carboxylic acids is 1. The molecule has 0 radical (unpaired) electrons. The molecule has 1 aliphatic heterocycles. The second kappa shape index (κ2) is 11.3. The molecule has 0 saturated carbocycles. The van der Waals surface area contributed by atoms with Crippen molar-refractivity contribution in [2.75, 3.05) is 11.9 Å². The molecule has 2 N–H and O–H groups in total. The fraction of sp³-hybridized carbons (Fsp3) is 0.318. The van der Waals surface area contributed by atoms with Gasteiger partial charge < -0.3 is 20.1 Å². The maximum Gasteiger partial charge on any atom is 0.490 e. The van der Waals surface area contributed by atoms with Crippen LogP contribution in [-0.4, -0.2) is 54.7 Å². The quantitative estimate of drug-likeness (QED) is 0.559. The molecule has 0 fully saturated rings. The molecule has 2 aromatic heterocycles. The van der Waals surface area contributed by atoms with Crippen molar-refractivity contribution in [3.63, 3.8) is 0 Å². The maximum atomic E-state index is 12.7. The van der Waals surface area contributed by atoms with Crippen LogP contribution in [0.15, 0.2) is 48.8 Å². The molecule has 3 aromatic rings. The van der Waals surface area contributed by atoms with Crippen molar-refractivity contribution in [2.24, 2.45) is 0 Å². The van der Waals surface area contributed by atoms with Crippen LogP contribution >= 0.6 is 0 Å². The first kappa shape index (κ1) is 25.5. The first-order chi connectivity index (χ1) is 16.7. The Labute approximate surface area is 198 Å². The molecule has 0 saturated heterocycles. The van der Waals surface area contributed by atoms with Gasteiger partial charge in [-0.2, -0.15) is 13.2 Å². The fourth-order valence-corrected chi connectivity index (χ4v) is 3.14. The number of rotatable bonds is 5. The number of nitrogens with one attached hydrogen (secondary N) is 1. The number of ether oxygens (including phenoxy) is 1. The molecule has 1 aliphatic rings. The van der Waals surface area contributed by atoms with Crippen LogP contribution in [-0.2, 0) is 30.9 Å². The zero-order chi connectivity index (χ0) is 25.4. The van der Waals surface area contributed by atoms with Gasteiger partial charge in [-0.05, 0) is 36.2 Å². The van der Waals surface area contributed by atoms with Crippen LogP contribution < -0.4 is 10.1 Å². The Kier molecular flexibility index (Phi) is 8.23. The smallest absolute Gasteiger partial charge is 0.486 e. The molecular formula is C22H23F3N6O4. The molecule has 2 amide bonds. The molecule has 1 aromatic carbocycles. The predicted octanol–water partition coefficient (Wildman–Crippen LogP) is 3.50. The third-order valence-electron chi connectivity index (χ3n) is 4.97. The summed E-state index contributed by atoms with van der Waals surface area (Å²) in [7, 11) is 0. The second-order valence-corrected chi connectivity index (χ2v) is 7.39. The van der Waals surface area contributed by atoms with Gasteiger partial charge in [0, 0.05) is 18.4 Å². The molecule has 0 aliphatic carbocycles. The van der Waals surface area contributed by atoms with Crippen molar-refractivity contribution >= 4 is 17.7 Å². The zero-order valence-corrected chi connectivity index (χ0v) is 18.7. The summed E-state index contributed by atoms with van der Waals surface area (Å²) in [6, 6.07) is 11.4. The Morgan fingerprint density at radius 2 is 1.97 bits per heavy atom. The average molecular weight is 492 g/mol. The van der Waals surface area contributed by atoms with Crippen LogP contribution in [0.5, 0.6) is 5.75 Å². The number of halogens is 3. The molecule has 0 atom stereocenters. The molecule has 4 rings (SSSR count). The topological polar surface area (TPSA) is 122 Å². The van der Waals surface area contributed by atoms with Crippen LogP contribution in [0.1, 0.15) is 23.9 Å². The van der Waals surface area contributed by atoms with E-state index < -0.39 is 12.1 Å². The van der Waals surface area contributed by atoms with E-state index in [9.17, 15) is 18.0 Å². The van der Waals surface area contributed by atoms with Gasteiger partial charge in [0.25, 0.3) is 0 Å². The van der Waals surface area contributed by atoms with Crippen LogP contribution in [0.25, 0.3) is 0 Å². The number of pyridine rings is 1. The summed E-state index contributed by atoms with van der Waals surface area (Å²) in [4.78, 5) is 27.4. The number of fused-ring (bicyclic) bond motifs is 1. The molecule has 0 bridgehead atoms. The number of aryl methyl sites for hydroxylation is 1. The van der Waals surface area contributed by atoms with Gasteiger partial charge in [0.15, 0.2) is 0 Å². The molecule has 3 heterocycles. The van der Waals surface area contributed by atoms with Crippen molar-refractivity contribution in [3.05, 3.63) is 65.7 Å². The highest BCUT2D eigenvalue weighted by Crippen LogP contribution is 2.19. The summed E-state index contributed by atoms with van der Waals surface area (Å²) in [6.45, 7) is 4.01. The molecule has 13 heteroatoms. The number of hydrogen-bond donors (Lipinski definition) is 2. The van der Waals surface area contributed by atoms with Gasteiger partial charge in [0.2, 0.25) is 0 Å². The zero-order valence-electron chi connectivity index (χ0n) is 18.7. The SMILES string of the molecule is CCc1cccc(NC(=O)N2CCn3nnc(COc4cccnc4)c3C2)c1.O=C(O)C(F)(F)F. The van der Waals surface area contributed by atoms with Crippen LogP contribution in [0.2, 0.25) is 0 Å². The predicted molar refractivity (Wildman–Crippen MR) is 118 cm³/mol. The minimum Gasteiger partial charge on any atom is -0.486 e. The summed E-state index contributed by atoms with van der Waals surface area (Å²) in [5.41, 5.74) is 3.62. The van der Waals surface area contributed by atoms with E-state index in [1.54, 1.807) is 17.3 Å². The number of aromatic nitrogens is 4. The third kappa shape index (κ3) is 7.16. The van der Waals surface area contributed by atoms with Gasteiger partial charge in [0.05, 0.1) is 25.0 Å². The highest BCUT2D eigenvalue weighted by molar-refractivity contribution is 5.89. The van der Waals surface area contributed by atoms with Crippen molar-refractivity contribution in [1.29, 1.82) is 0 Å². The average Bonchev–Trinajstić information content (AvgIpc) is 3.25. The number of anilines is 1. The highest BCUT2D eigenvalue weighted by atomic mass is 19.4.